The van der Waals surface area contributed by atoms with E-state index in [1.54, 1.807) is 18.1 Å². The minimum Gasteiger partial charge on any atom is -0.340 e. The first-order valence-electron chi connectivity index (χ1n) is 4.91. The zero-order valence-electron chi connectivity index (χ0n) is 9.03. The van der Waals surface area contributed by atoms with E-state index in [0.717, 1.165) is 11.3 Å². The van der Waals surface area contributed by atoms with Gasteiger partial charge in [0.2, 0.25) is 5.91 Å². The van der Waals surface area contributed by atoms with Crippen LogP contribution in [0, 0.1) is 0 Å². The molecule has 0 aromatic carbocycles. The van der Waals surface area contributed by atoms with Gasteiger partial charge in [-0.2, -0.15) is 0 Å². The minimum absolute atomic E-state index is 0.123. The second kappa shape index (κ2) is 5.71. The molecule has 1 amide bonds. The van der Waals surface area contributed by atoms with Crippen molar-refractivity contribution in [3.05, 3.63) is 29.6 Å². The molecular formula is C11H15ClN2O. The highest BCUT2D eigenvalue weighted by molar-refractivity contribution is 6.17. The molecule has 0 radical (unpaired) electrons. The molecule has 1 aromatic rings. The summed E-state index contributed by atoms with van der Waals surface area (Å²) in [5, 5.41) is 0. The summed E-state index contributed by atoms with van der Waals surface area (Å²) in [5.74, 6) is 0.593. The lowest BCUT2D eigenvalue weighted by Crippen LogP contribution is -2.25. The number of carbonyl (C=O) groups is 1. The SMILES string of the molecule is CCC(=O)N(C)Cc1ccc(CCl)cn1. The van der Waals surface area contributed by atoms with Gasteiger partial charge in [-0.25, -0.2) is 0 Å². The standard InChI is InChI=1S/C11H15ClN2O/c1-3-11(15)14(2)8-10-5-4-9(6-12)7-13-10/h4-5,7H,3,6,8H2,1-2H3. The molecule has 4 heteroatoms. The average Bonchev–Trinajstić information content (AvgIpc) is 2.29. The van der Waals surface area contributed by atoms with Crippen molar-refractivity contribution in [3.8, 4) is 0 Å². The van der Waals surface area contributed by atoms with Crippen molar-refractivity contribution in [2.75, 3.05) is 7.05 Å². The molecule has 0 saturated carbocycles. The summed E-state index contributed by atoms with van der Waals surface area (Å²) in [6.45, 7) is 2.40. The number of nitrogens with zero attached hydrogens (tertiary/aromatic N) is 2. The number of amides is 1. The molecule has 0 fully saturated rings. The first kappa shape index (κ1) is 12.0. The Morgan fingerprint density at radius 3 is 2.73 bits per heavy atom. The zero-order valence-corrected chi connectivity index (χ0v) is 9.79. The Morgan fingerprint density at radius 1 is 1.53 bits per heavy atom. The van der Waals surface area contributed by atoms with Crippen molar-refractivity contribution < 1.29 is 4.79 Å². The van der Waals surface area contributed by atoms with Gasteiger partial charge in [-0.15, -0.1) is 11.6 Å². The fourth-order valence-electron chi connectivity index (χ4n) is 1.23. The van der Waals surface area contributed by atoms with Crippen LogP contribution in [-0.2, 0) is 17.2 Å². The van der Waals surface area contributed by atoms with Crippen molar-refractivity contribution in [3.63, 3.8) is 0 Å². The zero-order chi connectivity index (χ0) is 11.3. The summed E-state index contributed by atoms with van der Waals surface area (Å²) in [5.41, 5.74) is 1.87. The molecule has 82 valence electrons. The van der Waals surface area contributed by atoms with E-state index < -0.39 is 0 Å². The molecule has 0 N–H and O–H groups in total. The number of alkyl halides is 1. The highest BCUT2D eigenvalue weighted by Gasteiger charge is 2.06. The van der Waals surface area contributed by atoms with Crippen LogP contribution in [0.25, 0.3) is 0 Å². The van der Waals surface area contributed by atoms with Gasteiger partial charge in [0.1, 0.15) is 0 Å². The summed E-state index contributed by atoms with van der Waals surface area (Å²) in [7, 11) is 1.78. The van der Waals surface area contributed by atoms with Gasteiger partial charge in [0, 0.05) is 25.5 Å². The van der Waals surface area contributed by atoms with Crippen LogP contribution < -0.4 is 0 Å². The number of rotatable bonds is 4. The van der Waals surface area contributed by atoms with Crippen LogP contribution in [0.15, 0.2) is 18.3 Å². The molecular weight excluding hydrogens is 212 g/mol. The van der Waals surface area contributed by atoms with E-state index in [2.05, 4.69) is 4.98 Å². The van der Waals surface area contributed by atoms with Crippen LogP contribution >= 0.6 is 11.6 Å². The fourth-order valence-corrected chi connectivity index (χ4v) is 1.39. The van der Waals surface area contributed by atoms with Gasteiger partial charge in [0.05, 0.1) is 12.2 Å². The quantitative estimate of drug-likeness (QED) is 0.738. The number of hydrogen-bond acceptors (Lipinski definition) is 2. The van der Waals surface area contributed by atoms with E-state index in [1.165, 1.54) is 0 Å². The predicted octanol–water partition coefficient (Wildman–Crippen LogP) is 2.19. The molecule has 0 bridgehead atoms. The summed E-state index contributed by atoms with van der Waals surface area (Å²) in [4.78, 5) is 17.2. The summed E-state index contributed by atoms with van der Waals surface area (Å²) >= 11 is 5.65. The number of halogens is 1. The maximum Gasteiger partial charge on any atom is 0.222 e. The van der Waals surface area contributed by atoms with Gasteiger partial charge in [-0.3, -0.25) is 9.78 Å². The Bertz CT molecular complexity index is 324. The molecule has 3 nitrogen and oxygen atoms in total. The van der Waals surface area contributed by atoms with E-state index in [-0.39, 0.29) is 5.91 Å². The van der Waals surface area contributed by atoms with Crippen LogP contribution in [0.2, 0.25) is 0 Å². The van der Waals surface area contributed by atoms with Gasteiger partial charge >= 0.3 is 0 Å². The van der Waals surface area contributed by atoms with E-state index in [1.807, 2.05) is 19.1 Å². The van der Waals surface area contributed by atoms with Crippen LogP contribution in [-0.4, -0.2) is 22.8 Å². The predicted molar refractivity (Wildman–Crippen MR) is 60.6 cm³/mol. The summed E-state index contributed by atoms with van der Waals surface area (Å²) < 4.78 is 0. The third kappa shape index (κ3) is 3.51. The van der Waals surface area contributed by atoms with Gasteiger partial charge in [-0.1, -0.05) is 13.0 Å². The second-order valence-corrected chi connectivity index (χ2v) is 3.66. The molecule has 0 aliphatic heterocycles. The molecule has 0 saturated heterocycles. The average molecular weight is 227 g/mol. The molecule has 0 spiro atoms. The molecule has 1 heterocycles. The maximum atomic E-state index is 11.3. The van der Waals surface area contributed by atoms with Crippen molar-refractivity contribution >= 4 is 17.5 Å². The third-order valence-corrected chi connectivity index (χ3v) is 2.48. The normalized spacial score (nSPS) is 10.1. The monoisotopic (exact) mass is 226 g/mol. The van der Waals surface area contributed by atoms with E-state index in [9.17, 15) is 4.79 Å². The summed E-state index contributed by atoms with van der Waals surface area (Å²) in [6.07, 6.45) is 2.27. The Morgan fingerprint density at radius 2 is 2.27 bits per heavy atom. The summed E-state index contributed by atoms with van der Waals surface area (Å²) in [6, 6.07) is 3.83. The lowest BCUT2D eigenvalue weighted by atomic mass is 10.2. The topological polar surface area (TPSA) is 33.2 Å². The number of hydrogen-bond donors (Lipinski definition) is 0. The number of pyridine rings is 1. The van der Waals surface area contributed by atoms with E-state index in [4.69, 9.17) is 11.6 Å². The van der Waals surface area contributed by atoms with Gasteiger partial charge < -0.3 is 4.90 Å². The number of carbonyl (C=O) groups excluding carboxylic acids is 1. The van der Waals surface area contributed by atoms with Crippen LogP contribution in [0.1, 0.15) is 24.6 Å². The smallest absolute Gasteiger partial charge is 0.222 e. The molecule has 0 unspecified atom stereocenters. The highest BCUT2D eigenvalue weighted by Crippen LogP contribution is 2.05. The van der Waals surface area contributed by atoms with Crippen LogP contribution in [0.5, 0.6) is 0 Å². The Hall–Kier alpha value is -1.09. The third-order valence-electron chi connectivity index (χ3n) is 2.17. The molecule has 15 heavy (non-hydrogen) atoms. The van der Waals surface area contributed by atoms with E-state index in [0.29, 0.717) is 18.8 Å². The molecule has 0 aliphatic carbocycles. The lowest BCUT2D eigenvalue weighted by Gasteiger charge is -2.15. The first-order valence-corrected chi connectivity index (χ1v) is 5.44. The number of aromatic nitrogens is 1. The van der Waals surface area contributed by atoms with Gasteiger partial charge in [-0.05, 0) is 11.6 Å². The molecule has 0 atom stereocenters. The van der Waals surface area contributed by atoms with Crippen LogP contribution in [0.4, 0.5) is 0 Å². The Kier molecular flexibility index (Phi) is 4.56. The molecule has 1 rings (SSSR count). The van der Waals surface area contributed by atoms with Crippen molar-refractivity contribution in [2.45, 2.75) is 25.8 Å². The fraction of sp³-hybridized carbons (Fsp3) is 0.455. The van der Waals surface area contributed by atoms with Crippen molar-refractivity contribution in [1.82, 2.24) is 9.88 Å². The Labute approximate surface area is 95.1 Å². The van der Waals surface area contributed by atoms with Gasteiger partial charge in [0.15, 0.2) is 0 Å². The van der Waals surface area contributed by atoms with Crippen LogP contribution in [0.3, 0.4) is 0 Å². The van der Waals surface area contributed by atoms with Gasteiger partial charge in [0.25, 0.3) is 0 Å². The Balaban J connectivity index is 2.60. The lowest BCUT2D eigenvalue weighted by molar-refractivity contribution is -0.130. The molecule has 1 aromatic heterocycles. The highest BCUT2D eigenvalue weighted by atomic mass is 35.5. The largest absolute Gasteiger partial charge is 0.340 e. The maximum absolute atomic E-state index is 11.3. The second-order valence-electron chi connectivity index (χ2n) is 3.39. The van der Waals surface area contributed by atoms with Crippen molar-refractivity contribution in [2.24, 2.45) is 0 Å². The molecule has 0 aliphatic rings. The van der Waals surface area contributed by atoms with Crippen molar-refractivity contribution in [1.29, 1.82) is 0 Å². The first-order chi connectivity index (χ1) is 7.17. The minimum atomic E-state index is 0.123. The van der Waals surface area contributed by atoms with E-state index >= 15 is 0 Å².